The highest BCUT2D eigenvalue weighted by Crippen LogP contribution is 2.08. The molecular formula is C8H15N3OS. The summed E-state index contributed by atoms with van der Waals surface area (Å²) >= 11 is 1.41. The van der Waals surface area contributed by atoms with Crippen LogP contribution in [0.2, 0.25) is 0 Å². The van der Waals surface area contributed by atoms with Crippen LogP contribution in [0.25, 0.3) is 0 Å². The Balaban J connectivity index is 4.51. The van der Waals surface area contributed by atoms with Gasteiger partial charge in [-0.2, -0.15) is 5.26 Å². The van der Waals surface area contributed by atoms with Crippen LogP contribution in [0.15, 0.2) is 4.99 Å². The van der Waals surface area contributed by atoms with Crippen LogP contribution in [0.3, 0.4) is 0 Å². The molecule has 0 aromatic rings. The van der Waals surface area contributed by atoms with Gasteiger partial charge in [0.25, 0.3) is 0 Å². The first-order valence-corrected chi connectivity index (χ1v) is 5.28. The largest absolute Gasteiger partial charge is 0.395 e. The van der Waals surface area contributed by atoms with Gasteiger partial charge in [-0.25, -0.2) is 0 Å². The van der Waals surface area contributed by atoms with Crippen LogP contribution in [0.1, 0.15) is 13.8 Å². The van der Waals surface area contributed by atoms with Crippen molar-refractivity contribution in [2.75, 3.05) is 19.4 Å². The van der Waals surface area contributed by atoms with E-state index >= 15 is 0 Å². The molecule has 0 rings (SSSR count). The average molecular weight is 201 g/mol. The summed E-state index contributed by atoms with van der Waals surface area (Å²) in [6, 6.07) is 0.242. The zero-order valence-electron chi connectivity index (χ0n) is 8.19. The predicted molar refractivity (Wildman–Crippen MR) is 55.5 cm³/mol. The van der Waals surface area contributed by atoms with Gasteiger partial charge in [0.2, 0.25) is 6.19 Å². The zero-order valence-corrected chi connectivity index (χ0v) is 9.01. The SMILES string of the molecule is CSC(=NC#N)N(CCO)C(C)C. The second kappa shape index (κ2) is 6.75. The molecule has 0 heterocycles. The number of hydrogen-bond acceptors (Lipinski definition) is 4. The molecule has 0 aliphatic carbocycles. The topological polar surface area (TPSA) is 59.6 Å². The van der Waals surface area contributed by atoms with Gasteiger partial charge in [0.05, 0.1) is 6.61 Å². The van der Waals surface area contributed by atoms with E-state index in [9.17, 15) is 0 Å². The molecule has 0 radical (unpaired) electrons. The Morgan fingerprint density at radius 3 is 2.62 bits per heavy atom. The highest BCUT2D eigenvalue weighted by Gasteiger charge is 2.13. The number of aliphatic hydroxyl groups is 1. The predicted octanol–water partition coefficient (Wildman–Crippen LogP) is 0.889. The van der Waals surface area contributed by atoms with Crippen LogP contribution in [-0.2, 0) is 0 Å². The molecule has 0 amide bonds. The van der Waals surface area contributed by atoms with Crippen LogP contribution in [0.5, 0.6) is 0 Å². The zero-order chi connectivity index (χ0) is 10.3. The molecule has 0 atom stereocenters. The van der Waals surface area contributed by atoms with Crippen molar-refractivity contribution in [3.8, 4) is 6.19 Å². The summed E-state index contributed by atoms with van der Waals surface area (Å²) in [5, 5.41) is 17.9. The first kappa shape index (κ1) is 12.3. The molecule has 5 heteroatoms. The normalized spacial score (nSPS) is 11.5. The van der Waals surface area contributed by atoms with Crippen molar-refractivity contribution >= 4 is 16.9 Å². The lowest BCUT2D eigenvalue weighted by molar-refractivity contribution is 0.233. The van der Waals surface area contributed by atoms with E-state index in [1.165, 1.54) is 11.8 Å². The molecule has 0 fully saturated rings. The number of thioether (sulfide) groups is 1. The molecule has 0 saturated heterocycles. The molecule has 13 heavy (non-hydrogen) atoms. The first-order chi connectivity index (χ1) is 6.17. The van der Waals surface area contributed by atoms with Gasteiger partial charge < -0.3 is 10.0 Å². The summed E-state index contributed by atoms with van der Waals surface area (Å²) in [6.07, 6.45) is 3.62. The van der Waals surface area contributed by atoms with E-state index in [0.717, 1.165) is 0 Å². The third kappa shape index (κ3) is 4.15. The molecule has 0 unspecified atom stereocenters. The monoisotopic (exact) mass is 201 g/mol. The van der Waals surface area contributed by atoms with Crippen LogP contribution in [0.4, 0.5) is 0 Å². The third-order valence-electron chi connectivity index (χ3n) is 1.54. The maximum Gasteiger partial charge on any atom is 0.208 e. The van der Waals surface area contributed by atoms with E-state index in [0.29, 0.717) is 11.7 Å². The molecule has 4 nitrogen and oxygen atoms in total. The fourth-order valence-electron chi connectivity index (χ4n) is 0.952. The quantitative estimate of drug-likeness (QED) is 0.418. The maximum absolute atomic E-state index is 8.81. The number of aliphatic imine (C=N–C) groups is 1. The molecule has 0 aromatic heterocycles. The van der Waals surface area contributed by atoms with Gasteiger partial charge in [0, 0.05) is 12.6 Å². The molecule has 0 saturated carbocycles. The van der Waals surface area contributed by atoms with Crippen molar-refractivity contribution in [2.24, 2.45) is 4.99 Å². The van der Waals surface area contributed by atoms with E-state index in [4.69, 9.17) is 10.4 Å². The summed E-state index contributed by atoms with van der Waals surface area (Å²) in [6.45, 7) is 4.58. The molecule has 0 aliphatic heterocycles. The lowest BCUT2D eigenvalue weighted by atomic mass is 10.3. The highest BCUT2D eigenvalue weighted by molar-refractivity contribution is 8.13. The minimum atomic E-state index is 0.0726. The molecular weight excluding hydrogens is 186 g/mol. The van der Waals surface area contributed by atoms with Crippen LogP contribution in [-0.4, -0.2) is 40.6 Å². The first-order valence-electron chi connectivity index (χ1n) is 4.05. The Morgan fingerprint density at radius 1 is 1.69 bits per heavy atom. The van der Waals surface area contributed by atoms with Gasteiger partial charge in [0.1, 0.15) is 0 Å². The summed E-state index contributed by atoms with van der Waals surface area (Å²) in [4.78, 5) is 5.58. The van der Waals surface area contributed by atoms with Crippen molar-refractivity contribution in [3.05, 3.63) is 0 Å². The fraction of sp³-hybridized carbons (Fsp3) is 0.750. The number of nitriles is 1. The van der Waals surface area contributed by atoms with E-state index in [1.807, 2.05) is 25.0 Å². The molecule has 0 bridgehead atoms. The van der Waals surface area contributed by atoms with Crippen molar-refractivity contribution in [1.82, 2.24) is 4.90 Å². The van der Waals surface area contributed by atoms with Gasteiger partial charge in [-0.05, 0) is 20.1 Å². The Bertz CT molecular complexity index is 210. The highest BCUT2D eigenvalue weighted by atomic mass is 32.2. The van der Waals surface area contributed by atoms with Crippen LogP contribution in [0, 0.1) is 11.5 Å². The van der Waals surface area contributed by atoms with E-state index in [2.05, 4.69) is 4.99 Å². The van der Waals surface area contributed by atoms with Gasteiger partial charge >= 0.3 is 0 Å². The van der Waals surface area contributed by atoms with Gasteiger partial charge in [0.15, 0.2) is 5.17 Å². The van der Waals surface area contributed by atoms with Gasteiger partial charge in [-0.1, -0.05) is 11.8 Å². The minimum Gasteiger partial charge on any atom is -0.395 e. The average Bonchev–Trinajstić information content (AvgIpc) is 2.10. The molecule has 0 aromatic carbocycles. The molecule has 0 aliphatic rings. The van der Waals surface area contributed by atoms with Crippen molar-refractivity contribution in [3.63, 3.8) is 0 Å². The number of aliphatic hydroxyl groups excluding tert-OH is 1. The van der Waals surface area contributed by atoms with E-state index < -0.39 is 0 Å². The molecule has 74 valence electrons. The number of hydrogen-bond donors (Lipinski definition) is 1. The summed E-state index contributed by atoms with van der Waals surface area (Å²) in [5.74, 6) is 0. The summed E-state index contributed by atoms with van der Waals surface area (Å²) in [7, 11) is 0. The number of nitrogens with zero attached hydrogens (tertiary/aromatic N) is 3. The minimum absolute atomic E-state index is 0.0726. The van der Waals surface area contributed by atoms with Crippen molar-refractivity contribution in [1.29, 1.82) is 5.26 Å². The van der Waals surface area contributed by atoms with Crippen molar-refractivity contribution in [2.45, 2.75) is 19.9 Å². The molecule has 1 N–H and O–H groups in total. The van der Waals surface area contributed by atoms with Gasteiger partial charge in [-0.3, -0.25) is 0 Å². The number of amidine groups is 1. The Labute approximate surface area is 83.3 Å². The second-order valence-corrected chi connectivity index (χ2v) is 3.48. The lowest BCUT2D eigenvalue weighted by Crippen LogP contribution is -2.37. The maximum atomic E-state index is 8.81. The fourth-order valence-corrected chi connectivity index (χ4v) is 1.62. The van der Waals surface area contributed by atoms with E-state index in [-0.39, 0.29) is 12.6 Å². The standard InChI is InChI=1S/C8H15N3OS/c1-7(2)11(4-5-12)8(13-3)10-6-9/h7,12H,4-5H2,1-3H3. The van der Waals surface area contributed by atoms with Gasteiger partial charge in [-0.15, -0.1) is 4.99 Å². The Morgan fingerprint density at radius 2 is 2.31 bits per heavy atom. The Kier molecular flexibility index (Phi) is 6.37. The summed E-state index contributed by atoms with van der Waals surface area (Å²) in [5.41, 5.74) is 0. The lowest BCUT2D eigenvalue weighted by Gasteiger charge is -2.27. The second-order valence-electron chi connectivity index (χ2n) is 2.71. The van der Waals surface area contributed by atoms with Crippen LogP contribution < -0.4 is 0 Å². The van der Waals surface area contributed by atoms with Crippen molar-refractivity contribution < 1.29 is 5.11 Å². The number of rotatable bonds is 3. The smallest absolute Gasteiger partial charge is 0.208 e. The molecule has 0 spiro atoms. The van der Waals surface area contributed by atoms with E-state index in [1.54, 1.807) is 6.19 Å². The van der Waals surface area contributed by atoms with Crippen LogP contribution >= 0.6 is 11.8 Å². The Hall–Kier alpha value is -0.730. The third-order valence-corrected chi connectivity index (χ3v) is 2.23. The summed E-state index contributed by atoms with van der Waals surface area (Å²) < 4.78 is 0.